The Morgan fingerprint density at radius 2 is 2.15 bits per heavy atom. The Morgan fingerprint density at radius 3 is 2.75 bits per heavy atom. The largest absolute Gasteiger partial charge is 0.497 e. The van der Waals surface area contributed by atoms with E-state index in [1.54, 1.807) is 30.6 Å². The maximum absolute atomic E-state index is 9.17. The molecule has 1 N–H and O–H groups in total. The quantitative estimate of drug-likeness (QED) is 0.903. The molecule has 0 unspecified atom stereocenters. The number of nitriles is 1. The van der Waals surface area contributed by atoms with Crippen molar-refractivity contribution in [3.63, 3.8) is 0 Å². The van der Waals surface area contributed by atoms with Gasteiger partial charge in [-0.05, 0) is 23.6 Å². The van der Waals surface area contributed by atoms with Gasteiger partial charge in [-0.3, -0.25) is 0 Å². The number of nitrogens with one attached hydrogen (secondary N) is 1. The average Bonchev–Trinajstić information content (AvgIpc) is 3.00. The van der Waals surface area contributed by atoms with Gasteiger partial charge in [0, 0.05) is 22.9 Å². The van der Waals surface area contributed by atoms with Crippen molar-refractivity contribution in [2.24, 2.45) is 0 Å². The third kappa shape index (κ3) is 3.12. The fourth-order valence-corrected chi connectivity index (χ4v) is 2.81. The summed E-state index contributed by atoms with van der Waals surface area (Å²) in [7, 11) is 1.63. The molecule has 0 amide bonds. The smallest absolute Gasteiger partial charge is 0.121 e. The maximum Gasteiger partial charge on any atom is 0.121 e. The van der Waals surface area contributed by atoms with Crippen LogP contribution in [0.2, 0.25) is 0 Å². The van der Waals surface area contributed by atoms with Crippen LogP contribution < -0.4 is 10.1 Å². The molecule has 3 nitrogen and oxygen atoms in total. The third-order valence-corrected chi connectivity index (χ3v) is 4.49. The lowest BCUT2D eigenvalue weighted by Crippen LogP contribution is -2.26. The van der Waals surface area contributed by atoms with E-state index in [0.29, 0.717) is 5.56 Å². The lowest BCUT2D eigenvalue weighted by Gasteiger charge is -2.24. The van der Waals surface area contributed by atoms with Crippen LogP contribution >= 0.6 is 11.3 Å². The van der Waals surface area contributed by atoms with Gasteiger partial charge in [0.2, 0.25) is 0 Å². The Bertz CT molecular complexity index is 612. The summed E-state index contributed by atoms with van der Waals surface area (Å²) < 4.78 is 5.21. The van der Waals surface area contributed by atoms with Crippen LogP contribution in [0.15, 0.2) is 35.7 Å². The summed E-state index contributed by atoms with van der Waals surface area (Å²) in [6.45, 7) is 5.14. The molecule has 20 heavy (non-hydrogen) atoms. The molecular formula is C16H18N2OS. The summed E-state index contributed by atoms with van der Waals surface area (Å²) in [4.78, 5) is 1.33. The highest BCUT2D eigenvalue weighted by Crippen LogP contribution is 2.29. The molecule has 1 aromatic carbocycles. The zero-order valence-electron chi connectivity index (χ0n) is 11.9. The van der Waals surface area contributed by atoms with Crippen molar-refractivity contribution in [2.45, 2.75) is 19.3 Å². The van der Waals surface area contributed by atoms with E-state index < -0.39 is 0 Å². The fourth-order valence-electron chi connectivity index (χ4n) is 1.96. The highest BCUT2D eigenvalue weighted by molar-refractivity contribution is 7.10. The first-order valence-electron chi connectivity index (χ1n) is 6.43. The Morgan fingerprint density at radius 1 is 1.35 bits per heavy atom. The second-order valence-electron chi connectivity index (χ2n) is 5.24. The highest BCUT2D eigenvalue weighted by Gasteiger charge is 2.21. The van der Waals surface area contributed by atoms with E-state index in [2.05, 4.69) is 42.7 Å². The first-order valence-corrected chi connectivity index (χ1v) is 7.31. The van der Waals surface area contributed by atoms with Crippen molar-refractivity contribution in [2.75, 3.05) is 19.0 Å². The van der Waals surface area contributed by atoms with E-state index >= 15 is 0 Å². The second kappa shape index (κ2) is 5.98. The fraction of sp³-hybridized carbons (Fsp3) is 0.312. The van der Waals surface area contributed by atoms with Crippen LogP contribution in [0.25, 0.3) is 0 Å². The molecule has 0 aliphatic heterocycles. The van der Waals surface area contributed by atoms with E-state index in [4.69, 9.17) is 10.00 Å². The predicted octanol–water partition coefficient (Wildman–Crippen LogP) is 4.02. The number of thiophene rings is 1. The first-order chi connectivity index (χ1) is 9.56. The molecule has 1 aromatic heterocycles. The van der Waals surface area contributed by atoms with Gasteiger partial charge in [0.15, 0.2) is 0 Å². The Kier molecular flexibility index (Phi) is 4.31. The van der Waals surface area contributed by atoms with Crippen molar-refractivity contribution in [3.05, 3.63) is 46.2 Å². The maximum atomic E-state index is 9.17. The van der Waals surface area contributed by atoms with Crippen molar-refractivity contribution < 1.29 is 4.74 Å². The van der Waals surface area contributed by atoms with Crippen LogP contribution in [0.4, 0.5) is 5.69 Å². The van der Waals surface area contributed by atoms with Gasteiger partial charge >= 0.3 is 0 Å². The van der Waals surface area contributed by atoms with E-state index in [1.165, 1.54) is 4.88 Å². The highest BCUT2D eigenvalue weighted by atomic mass is 32.1. The number of hydrogen-bond acceptors (Lipinski definition) is 4. The molecule has 0 atom stereocenters. The van der Waals surface area contributed by atoms with E-state index in [1.807, 2.05) is 6.07 Å². The summed E-state index contributed by atoms with van der Waals surface area (Å²) >= 11 is 1.75. The Labute approximate surface area is 123 Å². The van der Waals surface area contributed by atoms with E-state index in [9.17, 15) is 0 Å². The van der Waals surface area contributed by atoms with Gasteiger partial charge in [0.05, 0.1) is 18.4 Å². The molecular weight excluding hydrogens is 268 g/mol. The van der Waals surface area contributed by atoms with Gasteiger partial charge in [0.25, 0.3) is 0 Å². The molecule has 0 fully saturated rings. The van der Waals surface area contributed by atoms with Gasteiger partial charge < -0.3 is 10.1 Å². The van der Waals surface area contributed by atoms with Crippen molar-refractivity contribution in [1.82, 2.24) is 0 Å². The van der Waals surface area contributed by atoms with Gasteiger partial charge in [-0.2, -0.15) is 5.26 Å². The minimum atomic E-state index is 0.0178. The van der Waals surface area contributed by atoms with Crippen LogP contribution in [0.1, 0.15) is 24.3 Å². The first kappa shape index (κ1) is 14.4. The number of hydrogen-bond donors (Lipinski definition) is 1. The van der Waals surface area contributed by atoms with Crippen LogP contribution in [0.5, 0.6) is 5.75 Å². The van der Waals surface area contributed by atoms with Gasteiger partial charge in [-0.25, -0.2) is 0 Å². The molecule has 2 aromatic rings. The summed E-state index contributed by atoms with van der Waals surface area (Å²) in [6, 6.07) is 11.8. The lowest BCUT2D eigenvalue weighted by atomic mass is 9.91. The number of ether oxygens (including phenoxy) is 1. The molecule has 1 heterocycles. The molecule has 0 saturated heterocycles. The topological polar surface area (TPSA) is 45.0 Å². The summed E-state index contributed by atoms with van der Waals surface area (Å²) in [5.41, 5.74) is 1.47. The van der Waals surface area contributed by atoms with Crippen LogP contribution in [0, 0.1) is 11.3 Å². The van der Waals surface area contributed by atoms with Crippen molar-refractivity contribution in [1.29, 1.82) is 5.26 Å². The average molecular weight is 286 g/mol. The molecule has 0 saturated carbocycles. The minimum absolute atomic E-state index is 0.0178. The Hall–Kier alpha value is -1.99. The number of nitrogens with zero attached hydrogens (tertiary/aromatic N) is 1. The second-order valence-corrected chi connectivity index (χ2v) is 6.19. The number of benzene rings is 1. The molecule has 0 bridgehead atoms. The molecule has 0 radical (unpaired) electrons. The zero-order valence-corrected chi connectivity index (χ0v) is 12.8. The molecule has 0 aliphatic rings. The van der Waals surface area contributed by atoms with Crippen molar-refractivity contribution >= 4 is 17.0 Å². The van der Waals surface area contributed by atoms with Crippen LogP contribution in [-0.4, -0.2) is 13.7 Å². The molecule has 2 rings (SSSR count). The lowest BCUT2D eigenvalue weighted by molar-refractivity contribution is 0.415. The van der Waals surface area contributed by atoms with Gasteiger partial charge in [-0.15, -0.1) is 11.3 Å². The monoisotopic (exact) mass is 286 g/mol. The standard InChI is InChI=1S/C16H18N2OS/c1-16(2,15-5-4-8-20-15)11-18-14-9-13(19-3)7-6-12(14)10-17/h4-9,18H,11H2,1-3H3. The third-order valence-electron chi connectivity index (χ3n) is 3.26. The minimum Gasteiger partial charge on any atom is -0.497 e. The van der Waals surface area contributed by atoms with E-state index in [-0.39, 0.29) is 5.41 Å². The normalized spacial score (nSPS) is 10.9. The summed E-state index contributed by atoms with van der Waals surface area (Å²) in [6.07, 6.45) is 0. The number of rotatable bonds is 5. The zero-order chi connectivity index (χ0) is 14.6. The molecule has 104 valence electrons. The molecule has 0 spiro atoms. The Balaban J connectivity index is 2.16. The van der Waals surface area contributed by atoms with E-state index in [0.717, 1.165) is 18.0 Å². The predicted molar refractivity (Wildman–Crippen MR) is 83.5 cm³/mol. The van der Waals surface area contributed by atoms with Gasteiger partial charge in [-0.1, -0.05) is 19.9 Å². The van der Waals surface area contributed by atoms with Gasteiger partial charge in [0.1, 0.15) is 11.8 Å². The number of anilines is 1. The molecule has 0 aliphatic carbocycles. The van der Waals surface area contributed by atoms with Crippen molar-refractivity contribution in [3.8, 4) is 11.8 Å². The van der Waals surface area contributed by atoms with Crippen LogP contribution in [-0.2, 0) is 5.41 Å². The summed E-state index contributed by atoms with van der Waals surface area (Å²) in [5, 5.41) is 14.6. The number of methoxy groups -OCH3 is 1. The summed E-state index contributed by atoms with van der Waals surface area (Å²) in [5.74, 6) is 0.750. The SMILES string of the molecule is COc1ccc(C#N)c(NCC(C)(C)c2cccs2)c1. The van der Waals surface area contributed by atoms with Crippen LogP contribution in [0.3, 0.4) is 0 Å². The molecule has 4 heteroatoms.